The quantitative estimate of drug-likeness (QED) is 0.533. The Balaban J connectivity index is 2.01. The molecule has 0 aliphatic heterocycles. The molecule has 0 radical (unpaired) electrons. The summed E-state index contributed by atoms with van der Waals surface area (Å²) in [6, 6.07) is 13.4. The fourth-order valence-electron chi connectivity index (χ4n) is 3.43. The number of para-hydroxylation sites is 1. The smallest absolute Gasteiger partial charge is 0.326 e. The second kappa shape index (κ2) is 9.71. The Bertz CT molecular complexity index is 1110. The molecule has 3 aromatic rings. The van der Waals surface area contributed by atoms with E-state index in [2.05, 4.69) is 23.7 Å². The van der Waals surface area contributed by atoms with Gasteiger partial charge in [-0.05, 0) is 63.6 Å². The van der Waals surface area contributed by atoms with Gasteiger partial charge >= 0.3 is 5.97 Å². The molecule has 0 N–H and O–H groups in total. The number of amides is 1. The lowest BCUT2D eigenvalue weighted by Gasteiger charge is -2.20. The second-order valence-corrected chi connectivity index (χ2v) is 7.84. The summed E-state index contributed by atoms with van der Waals surface area (Å²) in [4.78, 5) is 32.1. The molecule has 7 heteroatoms. The van der Waals surface area contributed by atoms with Crippen molar-refractivity contribution >= 4 is 39.1 Å². The zero-order valence-corrected chi connectivity index (χ0v) is 18.7. The van der Waals surface area contributed by atoms with Crippen molar-refractivity contribution in [2.24, 2.45) is 4.99 Å². The second-order valence-electron chi connectivity index (χ2n) is 6.83. The van der Waals surface area contributed by atoms with Crippen LogP contribution < -0.4 is 9.70 Å². The largest absolute Gasteiger partial charge is 0.465 e. The highest BCUT2D eigenvalue weighted by atomic mass is 32.1. The van der Waals surface area contributed by atoms with Crippen molar-refractivity contribution in [1.29, 1.82) is 0 Å². The molecule has 0 unspecified atom stereocenters. The molecular weight excluding hydrogens is 398 g/mol. The molecule has 0 aliphatic rings. The fourth-order valence-corrected chi connectivity index (χ4v) is 4.54. The summed E-state index contributed by atoms with van der Waals surface area (Å²) in [6.07, 6.45) is 0. The lowest BCUT2D eigenvalue weighted by Crippen LogP contribution is -2.23. The molecule has 30 heavy (non-hydrogen) atoms. The summed E-state index contributed by atoms with van der Waals surface area (Å²) < 4.78 is 7.87. The number of nitrogens with zero attached hydrogens (tertiary/aromatic N) is 3. The van der Waals surface area contributed by atoms with E-state index in [0.29, 0.717) is 17.0 Å². The number of carbonyl (C=O) groups excluding carboxylic acids is 2. The molecule has 0 bridgehead atoms. The van der Waals surface area contributed by atoms with E-state index in [1.165, 1.54) is 11.3 Å². The molecule has 6 nitrogen and oxygen atoms in total. The molecule has 2 aromatic carbocycles. The minimum Gasteiger partial charge on any atom is -0.465 e. The Hall–Kier alpha value is -2.93. The number of benzene rings is 2. The van der Waals surface area contributed by atoms with E-state index in [1.54, 1.807) is 23.6 Å². The van der Waals surface area contributed by atoms with Gasteiger partial charge < -0.3 is 14.2 Å². The summed E-state index contributed by atoms with van der Waals surface area (Å²) in [5.74, 6) is -0.680. The Kier molecular flexibility index (Phi) is 7.05. The zero-order valence-electron chi connectivity index (χ0n) is 17.8. The lowest BCUT2D eigenvalue weighted by molar-refractivity contribution is -0.143. The molecule has 1 aromatic heterocycles. The molecular formula is C23H27N3O3S. The van der Waals surface area contributed by atoms with Gasteiger partial charge in [0.25, 0.3) is 5.91 Å². The zero-order chi connectivity index (χ0) is 21.7. The van der Waals surface area contributed by atoms with Gasteiger partial charge in [-0.1, -0.05) is 23.5 Å². The van der Waals surface area contributed by atoms with Crippen molar-refractivity contribution in [2.45, 2.75) is 34.2 Å². The molecule has 0 atom stereocenters. The van der Waals surface area contributed by atoms with Gasteiger partial charge in [-0.2, -0.15) is 4.99 Å². The van der Waals surface area contributed by atoms with Crippen LogP contribution in [0.2, 0.25) is 0 Å². The van der Waals surface area contributed by atoms with Gasteiger partial charge in [-0.25, -0.2) is 0 Å². The molecule has 1 heterocycles. The minimum absolute atomic E-state index is 0.0195. The van der Waals surface area contributed by atoms with Crippen LogP contribution in [0.1, 0.15) is 36.7 Å². The number of fused-ring (bicyclic) bond motifs is 1. The van der Waals surface area contributed by atoms with Gasteiger partial charge in [0.15, 0.2) is 4.80 Å². The third-order valence-electron chi connectivity index (χ3n) is 4.94. The number of anilines is 1. The number of aryl methyl sites for hydroxylation is 1. The summed E-state index contributed by atoms with van der Waals surface area (Å²) in [5, 5.41) is 0. The fraction of sp³-hybridized carbons (Fsp3) is 0.348. The average Bonchev–Trinajstić information content (AvgIpc) is 3.07. The maximum absolute atomic E-state index is 12.9. The molecule has 0 saturated carbocycles. The monoisotopic (exact) mass is 425 g/mol. The number of rotatable bonds is 7. The summed E-state index contributed by atoms with van der Waals surface area (Å²) in [6.45, 7) is 10.1. The van der Waals surface area contributed by atoms with E-state index in [0.717, 1.165) is 34.6 Å². The first-order chi connectivity index (χ1) is 14.5. The number of hydrogen-bond acceptors (Lipinski definition) is 5. The van der Waals surface area contributed by atoms with Gasteiger partial charge in [0.1, 0.15) is 6.54 Å². The Labute approximate surface area is 180 Å². The van der Waals surface area contributed by atoms with Crippen LogP contribution in [-0.2, 0) is 16.1 Å². The Morgan fingerprint density at radius 2 is 1.77 bits per heavy atom. The van der Waals surface area contributed by atoms with Crippen LogP contribution in [0.3, 0.4) is 0 Å². The molecule has 0 saturated heterocycles. The van der Waals surface area contributed by atoms with Crippen molar-refractivity contribution in [1.82, 2.24) is 4.57 Å². The van der Waals surface area contributed by atoms with Crippen LogP contribution in [-0.4, -0.2) is 36.1 Å². The molecule has 0 spiro atoms. The van der Waals surface area contributed by atoms with Crippen molar-refractivity contribution in [3.63, 3.8) is 0 Å². The standard InChI is InChI=1S/C23H27N3O3S/c1-5-25(6-2)18-13-11-17(12-14-18)22(28)24-23-26(15-20(27)29-7-3)21-16(4)9-8-10-19(21)30-23/h8-14H,5-7,15H2,1-4H3. The maximum atomic E-state index is 12.9. The van der Waals surface area contributed by atoms with E-state index < -0.39 is 0 Å². The molecule has 158 valence electrons. The first-order valence-corrected chi connectivity index (χ1v) is 11.0. The number of hydrogen-bond donors (Lipinski definition) is 0. The Morgan fingerprint density at radius 3 is 2.40 bits per heavy atom. The van der Waals surface area contributed by atoms with Crippen LogP contribution in [0.5, 0.6) is 0 Å². The number of thiazole rings is 1. The van der Waals surface area contributed by atoms with Crippen molar-refractivity contribution in [2.75, 3.05) is 24.6 Å². The maximum Gasteiger partial charge on any atom is 0.326 e. The average molecular weight is 426 g/mol. The Morgan fingerprint density at radius 1 is 1.07 bits per heavy atom. The van der Waals surface area contributed by atoms with E-state index in [-0.39, 0.29) is 18.4 Å². The van der Waals surface area contributed by atoms with Gasteiger partial charge in [0.05, 0.1) is 16.8 Å². The van der Waals surface area contributed by atoms with E-state index >= 15 is 0 Å². The van der Waals surface area contributed by atoms with Crippen molar-refractivity contribution in [3.05, 3.63) is 58.4 Å². The van der Waals surface area contributed by atoms with Crippen LogP contribution in [0.25, 0.3) is 10.2 Å². The van der Waals surface area contributed by atoms with Crippen LogP contribution >= 0.6 is 11.3 Å². The summed E-state index contributed by atoms with van der Waals surface area (Å²) >= 11 is 1.40. The van der Waals surface area contributed by atoms with Crippen LogP contribution in [0.15, 0.2) is 47.5 Å². The minimum atomic E-state index is -0.349. The van der Waals surface area contributed by atoms with Crippen molar-refractivity contribution in [3.8, 4) is 0 Å². The summed E-state index contributed by atoms with van der Waals surface area (Å²) in [7, 11) is 0. The van der Waals surface area contributed by atoms with E-state index in [4.69, 9.17) is 4.74 Å². The highest BCUT2D eigenvalue weighted by Gasteiger charge is 2.14. The number of ether oxygens (including phenoxy) is 1. The van der Waals surface area contributed by atoms with Gasteiger partial charge in [-0.3, -0.25) is 9.59 Å². The first-order valence-electron chi connectivity index (χ1n) is 10.2. The summed E-state index contributed by atoms with van der Waals surface area (Å²) in [5.41, 5.74) is 3.51. The highest BCUT2D eigenvalue weighted by Crippen LogP contribution is 2.21. The van der Waals surface area contributed by atoms with Crippen molar-refractivity contribution < 1.29 is 14.3 Å². The lowest BCUT2D eigenvalue weighted by atomic mass is 10.2. The predicted molar refractivity (Wildman–Crippen MR) is 121 cm³/mol. The number of aromatic nitrogens is 1. The number of carbonyl (C=O) groups is 2. The van der Waals surface area contributed by atoms with Crippen LogP contribution in [0.4, 0.5) is 5.69 Å². The molecule has 1 amide bonds. The van der Waals surface area contributed by atoms with Gasteiger partial charge in [0.2, 0.25) is 0 Å². The van der Waals surface area contributed by atoms with Gasteiger partial charge in [-0.15, -0.1) is 0 Å². The highest BCUT2D eigenvalue weighted by molar-refractivity contribution is 7.16. The third-order valence-corrected chi connectivity index (χ3v) is 5.98. The molecule has 3 rings (SSSR count). The predicted octanol–water partition coefficient (Wildman–Crippen LogP) is 4.16. The van der Waals surface area contributed by atoms with E-state index in [1.807, 2.05) is 37.3 Å². The molecule has 0 aliphatic carbocycles. The topological polar surface area (TPSA) is 63.9 Å². The first kappa shape index (κ1) is 21.8. The molecule has 0 fully saturated rings. The van der Waals surface area contributed by atoms with Gasteiger partial charge in [0, 0.05) is 24.3 Å². The SMILES string of the molecule is CCOC(=O)Cn1c(=NC(=O)c2ccc(N(CC)CC)cc2)sc2cccc(C)c21. The van der Waals surface area contributed by atoms with Crippen LogP contribution in [0, 0.1) is 6.92 Å². The number of esters is 1. The third kappa shape index (κ3) is 4.62. The normalized spacial score (nSPS) is 11.7. The van der Waals surface area contributed by atoms with E-state index in [9.17, 15) is 9.59 Å².